The number of rotatable bonds is 3. The molecular weight excluding hydrogens is 212 g/mol. The van der Waals surface area contributed by atoms with Crippen molar-refractivity contribution >= 4 is 17.1 Å². The van der Waals surface area contributed by atoms with Gasteiger partial charge in [0.15, 0.2) is 5.58 Å². The van der Waals surface area contributed by atoms with E-state index in [1.54, 1.807) is 0 Å². The Kier molecular flexibility index (Phi) is 3.18. The fourth-order valence-corrected chi connectivity index (χ4v) is 1.72. The van der Waals surface area contributed by atoms with Gasteiger partial charge in [-0.1, -0.05) is 17.7 Å². The summed E-state index contributed by atoms with van der Waals surface area (Å²) in [4.78, 5) is 6.49. The van der Waals surface area contributed by atoms with E-state index in [0.29, 0.717) is 6.01 Å². The van der Waals surface area contributed by atoms with Crippen molar-refractivity contribution in [3.63, 3.8) is 0 Å². The van der Waals surface area contributed by atoms with Gasteiger partial charge in [0.25, 0.3) is 6.01 Å². The smallest absolute Gasteiger partial charge is 0.298 e. The first kappa shape index (κ1) is 11.7. The van der Waals surface area contributed by atoms with Gasteiger partial charge in [0.2, 0.25) is 0 Å². The standard InChI is InChI=1S/C14H18N2O/c1-5-10(2)9-16(4)14-15-12-7-6-11(3)8-13(12)17-14/h5-8H,9H2,1-4H3/b10-5+. The normalized spacial score (nSPS) is 12.1. The minimum atomic E-state index is 0.673. The number of hydrogen-bond acceptors (Lipinski definition) is 3. The molecule has 1 heterocycles. The van der Waals surface area contributed by atoms with Gasteiger partial charge in [0.1, 0.15) is 5.52 Å². The van der Waals surface area contributed by atoms with Gasteiger partial charge in [-0.15, -0.1) is 0 Å². The van der Waals surface area contributed by atoms with Gasteiger partial charge in [-0.05, 0) is 38.5 Å². The van der Waals surface area contributed by atoms with Crippen LogP contribution in [0.5, 0.6) is 0 Å². The summed E-state index contributed by atoms with van der Waals surface area (Å²) in [5, 5.41) is 0. The van der Waals surface area contributed by atoms with Crippen LogP contribution in [0.2, 0.25) is 0 Å². The van der Waals surface area contributed by atoms with E-state index in [9.17, 15) is 0 Å². The number of likely N-dealkylation sites (N-methyl/N-ethyl adjacent to an activating group) is 1. The SMILES string of the molecule is C/C=C(\C)CN(C)c1nc2ccc(C)cc2o1. The number of oxazole rings is 1. The van der Waals surface area contributed by atoms with Gasteiger partial charge >= 0.3 is 0 Å². The molecule has 0 aliphatic rings. The third-order valence-corrected chi connectivity index (χ3v) is 2.84. The fraction of sp³-hybridized carbons (Fsp3) is 0.357. The second kappa shape index (κ2) is 4.62. The Balaban J connectivity index is 2.30. The fourth-order valence-electron chi connectivity index (χ4n) is 1.72. The molecule has 0 spiro atoms. The van der Waals surface area contributed by atoms with Crippen LogP contribution >= 0.6 is 0 Å². The van der Waals surface area contributed by atoms with Gasteiger partial charge in [-0.3, -0.25) is 0 Å². The molecule has 0 fully saturated rings. The van der Waals surface area contributed by atoms with Crippen LogP contribution in [-0.2, 0) is 0 Å². The number of aryl methyl sites for hydroxylation is 1. The van der Waals surface area contributed by atoms with Crippen molar-refractivity contribution in [3.05, 3.63) is 35.4 Å². The molecule has 90 valence electrons. The molecule has 0 atom stereocenters. The Morgan fingerprint density at radius 1 is 1.47 bits per heavy atom. The molecule has 0 saturated carbocycles. The predicted molar refractivity (Wildman–Crippen MR) is 71.4 cm³/mol. The van der Waals surface area contributed by atoms with Crippen LogP contribution in [0.25, 0.3) is 11.1 Å². The van der Waals surface area contributed by atoms with Crippen LogP contribution in [0, 0.1) is 6.92 Å². The summed E-state index contributed by atoms with van der Waals surface area (Å²) < 4.78 is 5.74. The van der Waals surface area contributed by atoms with E-state index >= 15 is 0 Å². The van der Waals surface area contributed by atoms with Crippen LogP contribution in [0.1, 0.15) is 19.4 Å². The second-order valence-corrected chi connectivity index (χ2v) is 4.46. The van der Waals surface area contributed by atoms with Crippen molar-refractivity contribution in [2.45, 2.75) is 20.8 Å². The Morgan fingerprint density at radius 3 is 2.94 bits per heavy atom. The number of fused-ring (bicyclic) bond motifs is 1. The lowest BCUT2D eigenvalue weighted by molar-refractivity contribution is 0.589. The zero-order chi connectivity index (χ0) is 12.4. The number of anilines is 1. The monoisotopic (exact) mass is 230 g/mol. The summed E-state index contributed by atoms with van der Waals surface area (Å²) in [6, 6.07) is 6.73. The first-order valence-electron chi connectivity index (χ1n) is 5.80. The van der Waals surface area contributed by atoms with Gasteiger partial charge in [-0.2, -0.15) is 4.98 Å². The minimum absolute atomic E-state index is 0.673. The molecule has 3 heteroatoms. The molecule has 0 saturated heterocycles. The highest BCUT2D eigenvalue weighted by Crippen LogP contribution is 2.22. The third kappa shape index (κ3) is 2.49. The van der Waals surface area contributed by atoms with Crippen LogP contribution in [0.3, 0.4) is 0 Å². The highest BCUT2D eigenvalue weighted by Gasteiger charge is 2.10. The summed E-state index contributed by atoms with van der Waals surface area (Å²) in [6.07, 6.45) is 2.10. The van der Waals surface area contributed by atoms with Crippen molar-refractivity contribution in [3.8, 4) is 0 Å². The van der Waals surface area contributed by atoms with Crippen molar-refractivity contribution in [1.82, 2.24) is 4.98 Å². The Bertz CT molecular complexity index is 554. The first-order chi connectivity index (χ1) is 8.10. The van der Waals surface area contributed by atoms with E-state index in [2.05, 4.69) is 24.9 Å². The number of nitrogens with zero attached hydrogens (tertiary/aromatic N) is 2. The molecule has 0 bridgehead atoms. The maximum Gasteiger partial charge on any atom is 0.298 e. The van der Waals surface area contributed by atoms with Gasteiger partial charge in [0.05, 0.1) is 0 Å². The molecule has 0 N–H and O–H groups in total. The summed E-state index contributed by atoms with van der Waals surface area (Å²) in [5.41, 5.74) is 4.25. The van der Waals surface area contributed by atoms with E-state index in [1.807, 2.05) is 37.1 Å². The molecule has 1 aromatic heterocycles. The summed E-state index contributed by atoms with van der Waals surface area (Å²) in [7, 11) is 1.99. The number of allylic oxidation sites excluding steroid dienone is 1. The van der Waals surface area contributed by atoms with Crippen LogP contribution < -0.4 is 4.90 Å². The van der Waals surface area contributed by atoms with Crippen molar-refractivity contribution in [2.75, 3.05) is 18.5 Å². The molecule has 3 nitrogen and oxygen atoms in total. The average Bonchev–Trinajstić information content (AvgIpc) is 2.71. The van der Waals surface area contributed by atoms with Crippen molar-refractivity contribution < 1.29 is 4.42 Å². The molecule has 0 radical (unpaired) electrons. The van der Waals surface area contributed by atoms with E-state index in [0.717, 1.165) is 17.6 Å². The van der Waals surface area contributed by atoms with Gasteiger partial charge < -0.3 is 9.32 Å². The Labute approximate surface area is 102 Å². The molecule has 17 heavy (non-hydrogen) atoms. The van der Waals surface area contributed by atoms with E-state index in [4.69, 9.17) is 4.42 Å². The quantitative estimate of drug-likeness (QED) is 0.755. The molecule has 2 rings (SSSR count). The largest absolute Gasteiger partial charge is 0.423 e. The summed E-state index contributed by atoms with van der Waals surface area (Å²) >= 11 is 0. The lowest BCUT2D eigenvalue weighted by Crippen LogP contribution is -2.19. The molecule has 2 aromatic rings. The highest BCUT2D eigenvalue weighted by atomic mass is 16.4. The topological polar surface area (TPSA) is 29.3 Å². The molecule has 0 amide bonds. The number of aromatic nitrogens is 1. The minimum Gasteiger partial charge on any atom is -0.423 e. The maximum absolute atomic E-state index is 5.74. The lowest BCUT2D eigenvalue weighted by atomic mass is 10.2. The van der Waals surface area contributed by atoms with Crippen LogP contribution in [0.4, 0.5) is 6.01 Å². The second-order valence-electron chi connectivity index (χ2n) is 4.46. The zero-order valence-corrected chi connectivity index (χ0v) is 10.8. The van der Waals surface area contributed by atoms with E-state index < -0.39 is 0 Å². The highest BCUT2D eigenvalue weighted by molar-refractivity contribution is 5.75. The van der Waals surface area contributed by atoms with E-state index in [1.165, 1.54) is 11.1 Å². The first-order valence-corrected chi connectivity index (χ1v) is 5.80. The zero-order valence-electron chi connectivity index (χ0n) is 10.8. The Morgan fingerprint density at radius 2 is 2.24 bits per heavy atom. The number of benzene rings is 1. The summed E-state index contributed by atoms with van der Waals surface area (Å²) in [5.74, 6) is 0. The summed E-state index contributed by atoms with van der Waals surface area (Å²) in [6.45, 7) is 7.03. The predicted octanol–water partition coefficient (Wildman–Crippen LogP) is 3.54. The van der Waals surface area contributed by atoms with Crippen molar-refractivity contribution in [1.29, 1.82) is 0 Å². The molecule has 1 aromatic carbocycles. The van der Waals surface area contributed by atoms with Crippen LogP contribution in [-0.4, -0.2) is 18.6 Å². The van der Waals surface area contributed by atoms with E-state index in [-0.39, 0.29) is 0 Å². The molecule has 0 aliphatic heterocycles. The van der Waals surface area contributed by atoms with Gasteiger partial charge in [0, 0.05) is 13.6 Å². The average molecular weight is 230 g/mol. The van der Waals surface area contributed by atoms with Crippen LogP contribution in [0.15, 0.2) is 34.3 Å². The van der Waals surface area contributed by atoms with Gasteiger partial charge in [-0.25, -0.2) is 0 Å². The van der Waals surface area contributed by atoms with Crippen molar-refractivity contribution in [2.24, 2.45) is 0 Å². The lowest BCUT2D eigenvalue weighted by Gasteiger charge is -2.14. The maximum atomic E-state index is 5.74. The molecule has 0 unspecified atom stereocenters. The third-order valence-electron chi connectivity index (χ3n) is 2.84. The molecule has 0 aliphatic carbocycles. The number of hydrogen-bond donors (Lipinski definition) is 0. The Hall–Kier alpha value is -1.77. The molecular formula is C14H18N2O.